The predicted molar refractivity (Wildman–Crippen MR) is 73.3 cm³/mol. The van der Waals surface area contributed by atoms with Crippen molar-refractivity contribution in [2.45, 2.75) is 49.7 Å². The maximum absolute atomic E-state index is 13.1. The van der Waals surface area contributed by atoms with Gasteiger partial charge in [0.05, 0.1) is 10.5 Å². The molecule has 2 rings (SSSR count). The van der Waals surface area contributed by atoms with E-state index >= 15 is 0 Å². The molecule has 1 aliphatic rings. The zero-order valence-electron chi connectivity index (χ0n) is 11.9. The first-order valence-electron chi connectivity index (χ1n) is 6.76. The van der Waals surface area contributed by atoms with Crippen molar-refractivity contribution in [2.24, 2.45) is 0 Å². The van der Waals surface area contributed by atoms with Crippen LogP contribution in [0.5, 0.6) is 0 Å². The van der Waals surface area contributed by atoms with Gasteiger partial charge in [0.2, 0.25) is 10.0 Å². The predicted octanol–water partition coefficient (Wildman–Crippen LogP) is 3.66. The van der Waals surface area contributed by atoms with Crippen molar-refractivity contribution >= 4 is 10.0 Å². The smallest absolute Gasteiger partial charge is 0.207 e. The lowest BCUT2D eigenvalue weighted by Gasteiger charge is -2.41. The number of benzene rings is 1. The number of nitrogens with zero attached hydrogens (tertiary/aromatic N) is 1. The van der Waals surface area contributed by atoms with E-state index < -0.39 is 32.2 Å². The van der Waals surface area contributed by atoms with Gasteiger partial charge in [0.15, 0.2) is 0 Å². The molecule has 1 fully saturated rings. The van der Waals surface area contributed by atoms with E-state index in [-0.39, 0.29) is 6.54 Å². The van der Waals surface area contributed by atoms with E-state index in [1.165, 1.54) is 16.4 Å². The van der Waals surface area contributed by atoms with Crippen molar-refractivity contribution in [3.8, 4) is 0 Å². The Morgan fingerprint density at radius 2 is 1.76 bits per heavy atom. The Hall–Kier alpha value is -1.08. The molecule has 0 aromatic heterocycles. The molecule has 7 heteroatoms. The molecule has 0 N–H and O–H groups in total. The lowest BCUT2D eigenvalue weighted by Crippen LogP contribution is -2.50. The third-order valence-electron chi connectivity index (χ3n) is 3.84. The number of halogens is 3. The van der Waals surface area contributed by atoms with Crippen LogP contribution in [0.4, 0.5) is 13.2 Å². The number of sulfonamides is 1. The van der Waals surface area contributed by atoms with Crippen LogP contribution in [-0.2, 0) is 16.2 Å². The van der Waals surface area contributed by atoms with E-state index in [1.54, 1.807) is 13.8 Å². The zero-order chi connectivity index (χ0) is 15.9. The minimum absolute atomic E-state index is 0.252. The quantitative estimate of drug-likeness (QED) is 0.833. The Balaban J connectivity index is 2.55. The summed E-state index contributed by atoms with van der Waals surface area (Å²) in [6.07, 6.45) is -2.51. The summed E-state index contributed by atoms with van der Waals surface area (Å²) in [5.41, 5.74) is -1.78. The molecule has 1 heterocycles. The second-order valence-electron chi connectivity index (χ2n) is 5.84. The average molecular weight is 321 g/mol. The second kappa shape index (κ2) is 5.28. The molecule has 118 valence electrons. The van der Waals surface area contributed by atoms with Gasteiger partial charge in [-0.25, -0.2) is 8.42 Å². The van der Waals surface area contributed by atoms with Gasteiger partial charge in [-0.3, -0.25) is 0 Å². The summed E-state index contributed by atoms with van der Waals surface area (Å²) in [5, 5.41) is 0. The molecule has 1 aromatic rings. The Morgan fingerprint density at radius 1 is 1.14 bits per heavy atom. The molecule has 0 unspecified atom stereocenters. The van der Waals surface area contributed by atoms with Crippen molar-refractivity contribution in [1.29, 1.82) is 0 Å². The molecule has 1 aromatic carbocycles. The van der Waals surface area contributed by atoms with Crippen molar-refractivity contribution in [1.82, 2.24) is 4.31 Å². The van der Waals surface area contributed by atoms with Crippen LogP contribution in [0.1, 0.15) is 38.7 Å². The van der Waals surface area contributed by atoms with Crippen LogP contribution in [-0.4, -0.2) is 24.8 Å². The second-order valence-corrected chi connectivity index (χ2v) is 7.67. The van der Waals surface area contributed by atoms with E-state index in [2.05, 4.69) is 0 Å². The topological polar surface area (TPSA) is 37.4 Å². The maximum atomic E-state index is 13.1. The van der Waals surface area contributed by atoms with Crippen LogP contribution < -0.4 is 0 Å². The zero-order valence-corrected chi connectivity index (χ0v) is 12.8. The van der Waals surface area contributed by atoms with Crippen LogP contribution in [0, 0.1) is 0 Å². The highest BCUT2D eigenvalue weighted by Crippen LogP contribution is 2.38. The Bertz CT molecular complexity index is 623. The van der Waals surface area contributed by atoms with Crippen LogP contribution in [0.3, 0.4) is 0 Å². The maximum Gasteiger partial charge on any atom is 0.417 e. The molecule has 0 radical (unpaired) electrons. The third kappa shape index (κ3) is 3.08. The monoisotopic (exact) mass is 321 g/mol. The lowest BCUT2D eigenvalue weighted by atomic mass is 9.93. The molecular formula is C14H18F3NO2S. The van der Waals surface area contributed by atoms with E-state index in [1.807, 2.05) is 0 Å². The summed E-state index contributed by atoms with van der Waals surface area (Å²) in [7, 11) is -4.17. The molecular weight excluding hydrogens is 303 g/mol. The van der Waals surface area contributed by atoms with Crippen molar-refractivity contribution in [3.63, 3.8) is 0 Å². The van der Waals surface area contributed by atoms with Crippen molar-refractivity contribution in [3.05, 3.63) is 29.8 Å². The summed E-state index contributed by atoms with van der Waals surface area (Å²) in [6.45, 7) is 3.75. The molecule has 0 spiro atoms. The highest BCUT2D eigenvalue weighted by Gasteiger charge is 2.43. The van der Waals surface area contributed by atoms with Crippen LogP contribution in [0.15, 0.2) is 29.2 Å². The number of rotatable bonds is 2. The SMILES string of the molecule is CC1(C)CCCCN1S(=O)(=O)c1ccccc1C(F)(F)F. The number of hydrogen-bond acceptors (Lipinski definition) is 2. The molecule has 0 bridgehead atoms. The molecule has 3 nitrogen and oxygen atoms in total. The van der Waals surface area contributed by atoms with E-state index in [9.17, 15) is 21.6 Å². The van der Waals surface area contributed by atoms with Gasteiger partial charge < -0.3 is 0 Å². The number of hydrogen-bond donors (Lipinski definition) is 0. The van der Waals surface area contributed by atoms with Gasteiger partial charge in [-0.2, -0.15) is 17.5 Å². The fourth-order valence-electron chi connectivity index (χ4n) is 2.73. The lowest BCUT2D eigenvalue weighted by molar-refractivity contribution is -0.140. The fourth-order valence-corrected chi connectivity index (χ4v) is 4.79. The average Bonchev–Trinajstić information content (AvgIpc) is 2.37. The van der Waals surface area contributed by atoms with Crippen molar-refractivity contribution in [2.75, 3.05) is 6.54 Å². The van der Waals surface area contributed by atoms with Gasteiger partial charge in [0.1, 0.15) is 0 Å². The molecule has 0 amide bonds. The standard InChI is InChI=1S/C14H18F3NO2S/c1-13(2)9-5-6-10-18(13)21(19,20)12-8-4-3-7-11(12)14(15,16)17/h3-4,7-8H,5-6,9-10H2,1-2H3. The molecule has 21 heavy (non-hydrogen) atoms. The minimum atomic E-state index is -4.69. The Morgan fingerprint density at radius 3 is 2.33 bits per heavy atom. The van der Waals surface area contributed by atoms with Gasteiger partial charge in [0.25, 0.3) is 0 Å². The Labute approximate surface area is 122 Å². The van der Waals surface area contributed by atoms with Crippen molar-refractivity contribution < 1.29 is 21.6 Å². The van der Waals surface area contributed by atoms with Gasteiger partial charge in [-0.05, 0) is 38.8 Å². The first-order valence-corrected chi connectivity index (χ1v) is 8.20. The molecule has 1 saturated heterocycles. The van der Waals surface area contributed by atoms with Crippen LogP contribution in [0.25, 0.3) is 0 Å². The minimum Gasteiger partial charge on any atom is -0.207 e. The molecule has 0 saturated carbocycles. The van der Waals surface area contributed by atoms with Crippen LogP contribution >= 0.6 is 0 Å². The highest BCUT2D eigenvalue weighted by molar-refractivity contribution is 7.89. The molecule has 1 aliphatic heterocycles. The number of piperidine rings is 1. The van der Waals surface area contributed by atoms with E-state index in [4.69, 9.17) is 0 Å². The van der Waals surface area contributed by atoms with E-state index in [0.717, 1.165) is 18.6 Å². The molecule has 0 atom stereocenters. The summed E-state index contributed by atoms with van der Waals surface area (Å²) in [6, 6.07) is 4.36. The summed E-state index contributed by atoms with van der Waals surface area (Å²) in [5.74, 6) is 0. The first kappa shape index (κ1) is 16.3. The van der Waals surface area contributed by atoms with Gasteiger partial charge in [0, 0.05) is 12.1 Å². The Kier molecular flexibility index (Phi) is 4.10. The molecule has 0 aliphatic carbocycles. The summed E-state index contributed by atoms with van der Waals surface area (Å²) < 4.78 is 65.8. The van der Waals surface area contributed by atoms with Gasteiger partial charge >= 0.3 is 6.18 Å². The first-order chi connectivity index (χ1) is 9.57. The highest BCUT2D eigenvalue weighted by atomic mass is 32.2. The third-order valence-corrected chi connectivity index (χ3v) is 6.00. The van der Waals surface area contributed by atoms with E-state index in [0.29, 0.717) is 12.8 Å². The largest absolute Gasteiger partial charge is 0.417 e. The summed E-state index contributed by atoms with van der Waals surface area (Å²) in [4.78, 5) is -0.660. The fraction of sp³-hybridized carbons (Fsp3) is 0.571. The normalized spacial score (nSPS) is 20.4. The van der Waals surface area contributed by atoms with Crippen LogP contribution in [0.2, 0.25) is 0 Å². The number of alkyl halides is 3. The van der Waals surface area contributed by atoms with Gasteiger partial charge in [-0.15, -0.1) is 0 Å². The van der Waals surface area contributed by atoms with Gasteiger partial charge in [-0.1, -0.05) is 18.6 Å². The summed E-state index contributed by atoms with van der Waals surface area (Å²) >= 11 is 0.